The van der Waals surface area contributed by atoms with Crippen LogP contribution in [0.3, 0.4) is 0 Å². The van der Waals surface area contributed by atoms with Crippen LogP contribution in [0.2, 0.25) is 5.02 Å². The van der Waals surface area contributed by atoms with E-state index in [0.29, 0.717) is 17.1 Å². The van der Waals surface area contributed by atoms with Crippen molar-refractivity contribution in [3.63, 3.8) is 0 Å². The van der Waals surface area contributed by atoms with Gasteiger partial charge in [0, 0.05) is 30.2 Å². The minimum absolute atomic E-state index is 0. The summed E-state index contributed by atoms with van der Waals surface area (Å²) in [6.45, 7) is 2.36. The summed E-state index contributed by atoms with van der Waals surface area (Å²) in [6.07, 6.45) is 0. The minimum Gasteiger partial charge on any atom is -0.338 e. The average molecular weight is 263 g/mol. The van der Waals surface area contributed by atoms with Crippen molar-refractivity contribution in [2.75, 3.05) is 13.6 Å². The van der Waals surface area contributed by atoms with Gasteiger partial charge in [0.15, 0.2) is 0 Å². The topological polar surface area (TPSA) is 46.3 Å². The Bertz CT molecular complexity index is 340. The quantitative estimate of drug-likeness (QED) is 0.908. The van der Waals surface area contributed by atoms with Crippen molar-refractivity contribution < 1.29 is 4.79 Å². The molecule has 1 aromatic rings. The third-order valence-electron chi connectivity index (χ3n) is 2.41. The number of hydrogen-bond donors (Lipinski definition) is 1. The van der Waals surface area contributed by atoms with Crippen molar-refractivity contribution >= 4 is 29.9 Å². The minimum atomic E-state index is -0.0374. The number of nitrogens with two attached hydrogens (primary N) is 1. The lowest BCUT2D eigenvalue weighted by Gasteiger charge is -2.23. The van der Waals surface area contributed by atoms with Gasteiger partial charge in [0.2, 0.25) is 0 Å². The lowest BCUT2D eigenvalue weighted by Crippen LogP contribution is -2.39. The van der Waals surface area contributed by atoms with E-state index in [0.717, 1.165) is 0 Å². The normalized spacial score (nSPS) is 11.5. The van der Waals surface area contributed by atoms with Crippen molar-refractivity contribution in [2.24, 2.45) is 5.73 Å². The Morgan fingerprint density at radius 3 is 2.38 bits per heavy atom. The first-order chi connectivity index (χ1) is 7.06. The highest BCUT2D eigenvalue weighted by Gasteiger charge is 2.15. The molecule has 0 aliphatic carbocycles. The smallest absolute Gasteiger partial charge is 0.253 e. The van der Waals surface area contributed by atoms with Gasteiger partial charge in [-0.25, -0.2) is 0 Å². The molecule has 0 heterocycles. The molecular weight excluding hydrogens is 247 g/mol. The summed E-state index contributed by atoms with van der Waals surface area (Å²) in [5.41, 5.74) is 6.12. The van der Waals surface area contributed by atoms with Crippen molar-refractivity contribution in [1.82, 2.24) is 4.90 Å². The number of rotatable bonds is 3. The van der Waals surface area contributed by atoms with Gasteiger partial charge >= 0.3 is 0 Å². The zero-order valence-electron chi connectivity index (χ0n) is 9.31. The van der Waals surface area contributed by atoms with E-state index in [1.165, 1.54) is 0 Å². The molecule has 0 aliphatic heterocycles. The van der Waals surface area contributed by atoms with Gasteiger partial charge in [-0.3, -0.25) is 4.79 Å². The van der Waals surface area contributed by atoms with Crippen LogP contribution >= 0.6 is 24.0 Å². The van der Waals surface area contributed by atoms with Crippen LogP contribution in [0.25, 0.3) is 0 Å². The van der Waals surface area contributed by atoms with Crippen molar-refractivity contribution in [3.05, 3.63) is 34.9 Å². The monoisotopic (exact) mass is 262 g/mol. The molecule has 0 fully saturated rings. The number of likely N-dealkylation sites (N-methyl/N-ethyl adjacent to an activating group) is 1. The van der Waals surface area contributed by atoms with Crippen LogP contribution in [0.4, 0.5) is 0 Å². The van der Waals surface area contributed by atoms with Gasteiger partial charge in [-0.1, -0.05) is 11.6 Å². The summed E-state index contributed by atoms with van der Waals surface area (Å²) in [5.74, 6) is -0.0374. The molecule has 1 atom stereocenters. The Hall–Kier alpha value is -0.770. The van der Waals surface area contributed by atoms with Crippen LogP contribution in [-0.2, 0) is 0 Å². The fraction of sp³-hybridized carbons (Fsp3) is 0.364. The highest BCUT2D eigenvalue weighted by atomic mass is 35.5. The van der Waals surface area contributed by atoms with E-state index in [-0.39, 0.29) is 24.4 Å². The first kappa shape index (κ1) is 15.2. The van der Waals surface area contributed by atoms with Crippen LogP contribution in [-0.4, -0.2) is 30.4 Å². The maximum Gasteiger partial charge on any atom is 0.253 e. The number of benzene rings is 1. The lowest BCUT2D eigenvalue weighted by molar-refractivity contribution is 0.0748. The van der Waals surface area contributed by atoms with Gasteiger partial charge in [-0.05, 0) is 31.2 Å². The molecule has 16 heavy (non-hydrogen) atoms. The predicted molar refractivity (Wildman–Crippen MR) is 69.3 cm³/mol. The van der Waals surface area contributed by atoms with Crippen LogP contribution in [0.15, 0.2) is 24.3 Å². The van der Waals surface area contributed by atoms with Crippen molar-refractivity contribution in [3.8, 4) is 0 Å². The van der Waals surface area contributed by atoms with E-state index in [9.17, 15) is 4.79 Å². The van der Waals surface area contributed by atoms with Crippen LogP contribution < -0.4 is 5.73 Å². The molecule has 1 unspecified atom stereocenters. The van der Waals surface area contributed by atoms with Gasteiger partial charge in [-0.2, -0.15) is 0 Å². The van der Waals surface area contributed by atoms with Crippen LogP contribution in [0.5, 0.6) is 0 Å². The Morgan fingerprint density at radius 1 is 1.44 bits per heavy atom. The molecule has 1 rings (SSSR count). The molecule has 0 spiro atoms. The van der Waals surface area contributed by atoms with Gasteiger partial charge in [0.1, 0.15) is 0 Å². The van der Waals surface area contributed by atoms with E-state index < -0.39 is 0 Å². The molecule has 5 heteroatoms. The molecule has 0 saturated carbocycles. The van der Waals surface area contributed by atoms with Crippen LogP contribution in [0.1, 0.15) is 17.3 Å². The second-order valence-electron chi connectivity index (χ2n) is 3.51. The summed E-state index contributed by atoms with van der Waals surface area (Å²) >= 11 is 5.74. The number of carbonyl (C=O) groups excluding carboxylic acids is 1. The Kier molecular flexibility index (Phi) is 6.41. The van der Waals surface area contributed by atoms with E-state index in [2.05, 4.69) is 0 Å². The fourth-order valence-electron chi connectivity index (χ4n) is 1.15. The number of halogens is 2. The maximum absolute atomic E-state index is 11.9. The molecule has 0 bridgehead atoms. The molecule has 90 valence electrons. The molecule has 2 N–H and O–H groups in total. The molecule has 0 saturated heterocycles. The third-order valence-corrected chi connectivity index (χ3v) is 2.67. The Morgan fingerprint density at radius 2 is 1.94 bits per heavy atom. The summed E-state index contributed by atoms with van der Waals surface area (Å²) < 4.78 is 0. The second-order valence-corrected chi connectivity index (χ2v) is 3.94. The molecule has 1 aromatic carbocycles. The van der Waals surface area contributed by atoms with E-state index in [4.69, 9.17) is 17.3 Å². The summed E-state index contributed by atoms with van der Waals surface area (Å²) in [6, 6.07) is 6.87. The fourth-order valence-corrected chi connectivity index (χ4v) is 1.28. The standard InChI is InChI=1S/C11H15ClN2O.ClH/c1-8(7-13)14(2)11(15)9-3-5-10(12)6-4-9;/h3-6,8H,7,13H2,1-2H3;1H. The Labute approximate surface area is 107 Å². The number of amides is 1. The molecule has 0 aliphatic rings. The number of nitrogens with zero attached hydrogens (tertiary/aromatic N) is 1. The van der Waals surface area contributed by atoms with Gasteiger partial charge in [-0.15, -0.1) is 12.4 Å². The van der Waals surface area contributed by atoms with Crippen LogP contribution in [0, 0.1) is 0 Å². The highest BCUT2D eigenvalue weighted by Crippen LogP contribution is 2.11. The Balaban J connectivity index is 0.00000225. The van der Waals surface area contributed by atoms with Gasteiger partial charge in [0.05, 0.1) is 0 Å². The number of carbonyl (C=O) groups is 1. The molecular formula is C11H16Cl2N2O. The van der Waals surface area contributed by atoms with Gasteiger partial charge in [0.25, 0.3) is 5.91 Å². The number of hydrogen-bond acceptors (Lipinski definition) is 2. The lowest BCUT2D eigenvalue weighted by atomic mass is 10.2. The largest absolute Gasteiger partial charge is 0.338 e. The highest BCUT2D eigenvalue weighted by molar-refractivity contribution is 6.30. The first-order valence-electron chi connectivity index (χ1n) is 4.79. The second kappa shape index (κ2) is 6.74. The molecule has 3 nitrogen and oxygen atoms in total. The average Bonchev–Trinajstić information content (AvgIpc) is 2.27. The first-order valence-corrected chi connectivity index (χ1v) is 5.17. The maximum atomic E-state index is 11.9. The molecule has 1 amide bonds. The summed E-state index contributed by atoms with van der Waals surface area (Å²) in [4.78, 5) is 13.5. The summed E-state index contributed by atoms with van der Waals surface area (Å²) in [7, 11) is 1.74. The third kappa shape index (κ3) is 3.67. The van der Waals surface area contributed by atoms with Gasteiger partial charge < -0.3 is 10.6 Å². The van der Waals surface area contributed by atoms with Crippen molar-refractivity contribution in [1.29, 1.82) is 0 Å². The zero-order valence-corrected chi connectivity index (χ0v) is 10.9. The SMILES string of the molecule is CC(CN)N(C)C(=O)c1ccc(Cl)cc1.Cl. The summed E-state index contributed by atoms with van der Waals surface area (Å²) in [5, 5.41) is 0.626. The molecule has 0 aromatic heterocycles. The predicted octanol–water partition coefficient (Wildman–Crippen LogP) is 2.18. The van der Waals surface area contributed by atoms with E-state index in [1.54, 1.807) is 36.2 Å². The van der Waals surface area contributed by atoms with E-state index >= 15 is 0 Å². The van der Waals surface area contributed by atoms with E-state index in [1.807, 2.05) is 6.92 Å². The zero-order chi connectivity index (χ0) is 11.4. The van der Waals surface area contributed by atoms with Crippen molar-refractivity contribution in [2.45, 2.75) is 13.0 Å². The molecule has 0 radical (unpaired) electrons.